The van der Waals surface area contributed by atoms with Gasteiger partial charge in [-0.1, -0.05) is 12.1 Å². The number of amides is 2. The third kappa shape index (κ3) is 5.22. The Bertz CT molecular complexity index is 1020. The molecule has 9 heteroatoms. The molecule has 3 rings (SSSR count). The molecule has 0 aliphatic carbocycles. The normalized spacial score (nSPS) is 15.8. The van der Waals surface area contributed by atoms with Crippen molar-refractivity contribution in [1.29, 1.82) is 0 Å². The van der Waals surface area contributed by atoms with Gasteiger partial charge in [-0.25, -0.2) is 0 Å². The first kappa shape index (κ1) is 22.3. The van der Waals surface area contributed by atoms with E-state index >= 15 is 0 Å². The fourth-order valence-electron chi connectivity index (χ4n) is 3.20. The minimum absolute atomic E-state index is 0.0712. The first-order chi connectivity index (χ1) is 14.6. The zero-order valence-electron chi connectivity index (χ0n) is 17.0. The van der Waals surface area contributed by atoms with Crippen molar-refractivity contribution in [2.75, 3.05) is 11.9 Å². The van der Waals surface area contributed by atoms with Gasteiger partial charge in [-0.05, 0) is 42.8 Å². The maximum atomic E-state index is 12.8. The number of carbonyl (C=O) groups is 3. The molecule has 1 unspecified atom stereocenters. The molecular weight excluding hydrogens is 413 g/mol. The van der Waals surface area contributed by atoms with E-state index in [1.165, 1.54) is 17.0 Å². The van der Waals surface area contributed by atoms with Crippen LogP contribution >= 0.6 is 0 Å². The number of alkyl halides is 3. The predicted octanol–water partition coefficient (Wildman–Crippen LogP) is 3.73. The molecule has 0 bridgehead atoms. The van der Waals surface area contributed by atoms with Gasteiger partial charge in [-0.3, -0.25) is 14.4 Å². The Labute approximate surface area is 177 Å². The van der Waals surface area contributed by atoms with E-state index in [1.54, 1.807) is 32.2 Å². The van der Waals surface area contributed by atoms with E-state index in [4.69, 9.17) is 4.74 Å². The fraction of sp³-hybridized carbons (Fsp3) is 0.318. The number of carbonyl (C=O) groups excluding carboxylic acids is 3. The number of fused-ring (bicyclic) bond motifs is 1. The lowest BCUT2D eigenvalue weighted by Gasteiger charge is -2.30. The minimum Gasteiger partial charge on any atom is -0.479 e. The molecule has 2 aromatic rings. The molecule has 1 aliphatic heterocycles. The van der Waals surface area contributed by atoms with Gasteiger partial charge in [0.1, 0.15) is 5.75 Å². The SMILES string of the molecule is CC1Oc2ccc(C(=O)CCC(=O)NCc3cccc(C(F)(F)F)c3)cc2N(C)C1=O. The summed E-state index contributed by atoms with van der Waals surface area (Å²) < 4.78 is 43.8. The molecular formula is C22H21F3N2O4. The van der Waals surface area contributed by atoms with E-state index in [2.05, 4.69) is 5.32 Å². The molecule has 0 fully saturated rings. The summed E-state index contributed by atoms with van der Waals surface area (Å²) in [5.41, 5.74) is 0.333. The highest BCUT2D eigenvalue weighted by atomic mass is 19.4. The van der Waals surface area contributed by atoms with Crippen molar-refractivity contribution in [3.8, 4) is 5.75 Å². The second-order valence-corrected chi connectivity index (χ2v) is 7.24. The Hall–Kier alpha value is -3.36. The first-order valence-electron chi connectivity index (χ1n) is 9.60. The topological polar surface area (TPSA) is 75.7 Å². The summed E-state index contributed by atoms with van der Waals surface area (Å²) in [6, 6.07) is 9.40. The molecule has 1 heterocycles. The molecule has 0 spiro atoms. The zero-order chi connectivity index (χ0) is 22.8. The molecule has 0 radical (unpaired) electrons. The van der Waals surface area contributed by atoms with Crippen LogP contribution in [0.3, 0.4) is 0 Å². The number of likely N-dealkylation sites (N-methyl/N-ethyl adjacent to an activating group) is 1. The zero-order valence-corrected chi connectivity index (χ0v) is 17.0. The average molecular weight is 434 g/mol. The van der Waals surface area contributed by atoms with Gasteiger partial charge < -0.3 is 15.0 Å². The second kappa shape index (κ2) is 8.79. The Balaban J connectivity index is 1.55. The quantitative estimate of drug-likeness (QED) is 0.703. The number of hydrogen-bond donors (Lipinski definition) is 1. The van der Waals surface area contributed by atoms with Crippen LogP contribution in [0.15, 0.2) is 42.5 Å². The van der Waals surface area contributed by atoms with Crippen molar-refractivity contribution in [2.45, 2.75) is 38.6 Å². The standard InChI is InChI=1S/C22H21F3N2O4/c1-13-21(30)27(2)17-11-15(6-8-19(17)31-13)18(28)7-9-20(29)26-12-14-4-3-5-16(10-14)22(23,24)25/h3-6,8,10-11,13H,7,9,12H2,1-2H3,(H,26,29). The van der Waals surface area contributed by atoms with E-state index in [1.807, 2.05) is 0 Å². The smallest absolute Gasteiger partial charge is 0.416 e. The maximum Gasteiger partial charge on any atom is 0.416 e. The van der Waals surface area contributed by atoms with Crippen molar-refractivity contribution in [2.24, 2.45) is 0 Å². The van der Waals surface area contributed by atoms with Gasteiger partial charge >= 0.3 is 6.18 Å². The van der Waals surface area contributed by atoms with Crippen molar-refractivity contribution in [1.82, 2.24) is 5.32 Å². The summed E-state index contributed by atoms with van der Waals surface area (Å²) in [5.74, 6) is -0.485. The number of ether oxygens (including phenoxy) is 1. The molecule has 2 aromatic carbocycles. The van der Waals surface area contributed by atoms with Crippen molar-refractivity contribution >= 4 is 23.3 Å². The van der Waals surface area contributed by atoms with Gasteiger partial charge in [0.15, 0.2) is 11.9 Å². The molecule has 164 valence electrons. The lowest BCUT2D eigenvalue weighted by atomic mass is 10.0. The summed E-state index contributed by atoms with van der Waals surface area (Å²) in [6.07, 6.45) is -5.26. The van der Waals surface area contributed by atoms with Crippen molar-refractivity contribution in [3.63, 3.8) is 0 Å². The van der Waals surface area contributed by atoms with Gasteiger partial charge in [0, 0.05) is 32.0 Å². The summed E-state index contributed by atoms with van der Waals surface area (Å²) in [7, 11) is 1.59. The third-order valence-electron chi connectivity index (χ3n) is 4.95. The molecule has 2 amide bonds. The summed E-state index contributed by atoms with van der Waals surface area (Å²) in [6.45, 7) is 1.57. The van der Waals surface area contributed by atoms with Crippen molar-refractivity contribution < 1.29 is 32.3 Å². The van der Waals surface area contributed by atoms with E-state index in [0.29, 0.717) is 22.6 Å². The molecule has 1 aliphatic rings. The van der Waals surface area contributed by atoms with Gasteiger partial charge in [0.25, 0.3) is 5.91 Å². The number of nitrogens with one attached hydrogen (secondary N) is 1. The van der Waals surface area contributed by atoms with Crippen LogP contribution in [0.4, 0.5) is 18.9 Å². The Morgan fingerprint density at radius 2 is 1.87 bits per heavy atom. The molecule has 31 heavy (non-hydrogen) atoms. The predicted molar refractivity (Wildman–Crippen MR) is 107 cm³/mol. The molecule has 0 saturated heterocycles. The fourth-order valence-corrected chi connectivity index (χ4v) is 3.20. The van der Waals surface area contributed by atoms with E-state index in [-0.39, 0.29) is 31.1 Å². The number of nitrogens with zero attached hydrogens (tertiary/aromatic N) is 1. The lowest BCUT2D eigenvalue weighted by molar-refractivity contribution is -0.137. The lowest BCUT2D eigenvalue weighted by Crippen LogP contribution is -2.42. The van der Waals surface area contributed by atoms with Gasteiger partial charge in [-0.2, -0.15) is 13.2 Å². The Morgan fingerprint density at radius 1 is 1.13 bits per heavy atom. The molecule has 1 N–H and O–H groups in total. The van der Waals surface area contributed by atoms with Crippen LogP contribution in [0.2, 0.25) is 0 Å². The van der Waals surface area contributed by atoms with Gasteiger partial charge in [0.2, 0.25) is 5.91 Å². The molecule has 0 saturated carbocycles. The molecule has 6 nitrogen and oxygen atoms in total. The Morgan fingerprint density at radius 3 is 2.58 bits per heavy atom. The number of anilines is 1. The highest BCUT2D eigenvalue weighted by molar-refractivity contribution is 6.03. The number of rotatable bonds is 6. The van der Waals surface area contributed by atoms with E-state index in [9.17, 15) is 27.6 Å². The van der Waals surface area contributed by atoms with Gasteiger partial charge in [0.05, 0.1) is 11.3 Å². The molecule has 1 atom stereocenters. The van der Waals surface area contributed by atoms with E-state index < -0.39 is 23.8 Å². The number of benzene rings is 2. The summed E-state index contributed by atoms with van der Waals surface area (Å²) >= 11 is 0. The van der Waals surface area contributed by atoms with Crippen LogP contribution < -0.4 is 15.0 Å². The van der Waals surface area contributed by atoms with Gasteiger partial charge in [-0.15, -0.1) is 0 Å². The summed E-state index contributed by atoms with van der Waals surface area (Å²) in [4.78, 5) is 38.0. The van der Waals surface area contributed by atoms with Crippen LogP contribution in [0.1, 0.15) is 41.3 Å². The van der Waals surface area contributed by atoms with Crippen LogP contribution in [0.25, 0.3) is 0 Å². The third-order valence-corrected chi connectivity index (χ3v) is 4.95. The minimum atomic E-state index is -4.46. The van der Waals surface area contributed by atoms with Crippen LogP contribution in [0, 0.1) is 0 Å². The largest absolute Gasteiger partial charge is 0.479 e. The highest BCUT2D eigenvalue weighted by Gasteiger charge is 2.31. The number of halogens is 3. The van der Waals surface area contributed by atoms with Crippen LogP contribution in [-0.4, -0.2) is 30.7 Å². The maximum absolute atomic E-state index is 12.8. The monoisotopic (exact) mass is 434 g/mol. The number of ketones is 1. The summed E-state index contributed by atoms with van der Waals surface area (Å²) in [5, 5.41) is 2.52. The van der Waals surface area contributed by atoms with E-state index in [0.717, 1.165) is 12.1 Å². The highest BCUT2D eigenvalue weighted by Crippen LogP contribution is 2.34. The second-order valence-electron chi connectivity index (χ2n) is 7.24. The van der Waals surface area contributed by atoms with Crippen molar-refractivity contribution in [3.05, 3.63) is 59.2 Å². The first-order valence-corrected chi connectivity index (χ1v) is 9.60. The average Bonchev–Trinajstić information content (AvgIpc) is 2.74. The number of Topliss-reactive ketones (excluding diaryl/α,β-unsaturated/α-hetero) is 1. The molecule has 0 aromatic heterocycles. The Kier molecular flexibility index (Phi) is 6.33. The van der Waals surface area contributed by atoms with Crippen LogP contribution in [0.5, 0.6) is 5.75 Å². The number of hydrogen-bond acceptors (Lipinski definition) is 4. The van der Waals surface area contributed by atoms with Crippen LogP contribution in [-0.2, 0) is 22.3 Å².